The average molecular weight is 338 g/mol. The van der Waals surface area contributed by atoms with E-state index in [9.17, 15) is 15.3 Å². The zero-order valence-electron chi connectivity index (χ0n) is 15.7. The molecule has 2 fully saturated rings. The third-order valence-electron chi connectivity index (χ3n) is 6.66. The highest BCUT2D eigenvalue weighted by atomic mass is 16.4. The first-order chi connectivity index (χ1) is 11.0. The van der Waals surface area contributed by atoms with Gasteiger partial charge < -0.3 is 20.4 Å². The molecule has 0 amide bonds. The highest BCUT2D eigenvalue weighted by molar-refractivity contribution is 5.24. The predicted octanol–water partition coefficient (Wildman–Crippen LogP) is 2.42. The van der Waals surface area contributed by atoms with Crippen molar-refractivity contribution in [2.45, 2.75) is 71.7 Å². The van der Waals surface area contributed by atoms with Crippen molar-refractivity contribution in [2.24, 2.45) is 22.7 Å². The van der Waals surface area contributed by atoms with Crippen LogP contribution in [0.3, 0.4) is 0 Å². The van der Waals surface area contributed by atoms with Gasteiger partial charge >= 0.3 is 0 Å². The molecular weight excluding hydrogens is 304 g/mol. The van der Waals surface area contributed by atoms with E-state index in [0.717, 1.165) is 24.8 Å². The smallest absolute Gasteiger partial charge is 0.109 e. The number of allylic oxidation sites excluding steroid dienone is 2. The fourth-order valence-corrected chi connectivity index (χ4v) is 5.58. The van der Waals surface area contributed by atoms with E-state index < -0.39 is 17.8 Å². The Balaban J connectivity index is 2.50. The minimum absolute atomic E-state index is 0.0223. The Morgan fingerprint density at radius 3 is 2.33 bits per heavy atom. The Labute approximate surface area is 145 Å². The highest BCUT2D eigenvalue weighted by Crippen LogP contribution is 2.62. The van der Waals surface area contributed by atoms with Gasteiger partial charge in [-0.05, 0) is 43.4 Å². The standard InChI is InChI=1S/C20H34O4/c1-13(9-12-21)7-8-14-19(4)11-6-10-18(2,3)16(19)15(22)17(23)20(14,5)24/h7-9,14-17,21-24H,6,10-12H2,1-5H3/b8-7+,13-9-/t14-,15-,16-,17+,19-,20+/m1/s1. The SMILES string of the molecule is CC(=C/CO)/C=C/[C@H]1[C@](C)(O)[C@@H](O)[C@H](O)[C@@H]2C(C)(C)CCC[C@@]21C. The molecule has 24 heavy (non-hydrogen) atoms. The minimum atomic E-state index is -1.39. The lowest BCUT2D eigenvalue weighted by molar-refractivity contribution is -0.255. The van der Waals surface area contributed by atoms with Crippen LogP contribution in [0.25, 0.3) is 0 Å². The van der Waals surface area contributed by atoms with Gasteiger partial charge in [0.05, 0.1) is 18.3 Å². The number of aliphatic hydroxyl groups excluding tert-OH is 3. The summed E-state index contributed by atoms with van der Waals surface area (Å²) in [5.41, 5.74) is -0.857. The molecule has 0 unspecified atom stereocenters. The van der Waals surface area contributed by atoms with Gasteiger partial charge in [0.1, 0.15) is 6.10 Å². The third-order valence-corrected chi connectivity index (χ3v) is 6.66. The topological polar surface area (TPSA) is 80.9 Å². The zero-order valence-corrected chi connectivity index (χ0v) is 15.7. The number of rotatable bonds is 3. The van der Waals surface area contributed by atoms with E-state index >= 15 is 0 Å². The van der Waals surface area contributed by atoms with Crippen LogP contribution in [-0.4, -0.2) is 44.8 Å². The summed E-state index contributed by atoms with van der Waals surface area (Å²) in [4.78, 5) is 0. The lowest BCUT2D eigenvalue weighted by atomic mass is 9.44. The first-order valence-corrected chi connectivity index (χ1v) is 9.03. The number of hydrogen-bond acceptors (Lipinski definition) is 4. The van der Waals surface area contributed by atoms with Crippen molar-refractivity contribution in [1.29, 1.82) is 0 Å². The van der Waals surface area contributed by atoms with Crippen LogP contribution >= 0.6 is 0 Å². The Morgan fingerprint density at radius 2 is 1.75 bits per heavy atom. The van der Waals surface area contributed by atoms with E-state index in [1.54, 1.807) is 13.0 Å². The molecule has 0 aromatic rings. The van der Waals surface area contributed by atoms with Gasteiger partial charge in [0.2, 0.25) is 0 Å². The Hall–Kier alpha value is -0.680. The molecule has 2 aliphatic carbocycles. The molecule has 0 aromatic carbocycles. The Morgan fingerprint density at radius 1 is 1.12 bits per heavy atom. The third kappa shape index (κ3) is 3.10. The van der Waals surface area contributed by atoms with Gasteiger partial charge in [0.15, 0.2) is 0 Å². The van der Waals surface area contributed by atoms with E-state index in [4.69, 9.17) is 5.11 Å². The molecule has 0 bridgehead atoms. The molecular formula is C20H34O4. The summed E-state index contributed by atoms with van der Waals surface area (Å²) in [6, 6.07) is 0. The molecule has 0 heterocycles. The second kappa shape index (κ2) is 6.56. The molecule has 2 aliphatic rings. The van der Waals surface area contributed by atoms with Gasteiger partial charge in [-0.25, -0.2) is 0 Å². The van der Waals surface area contributed by atoms with E-state index in [2.05, 4.69) is 20.8 Å². The summed E-state index contributed by atoms with van der Waals surface area (Å²) in [7, 11) is 0. The van der Waals surface area contributed by atoms with Crippen LogP contribution in [0.2, 0.25) is 0 Å². The van der Waals surface area contributed by atoms with Crippen molar-refractivity contribution in [3.8, 4) is 0 Å². The van der Waals surface area contributed by atoms with Crippen LogP contribution in [0.5, 0.6) is 0 Å². The molecule has 0 aliphatic heterocycles. The van der Waals surface area contributed by atoms with Crippen LogP contribution in [-0.2, 0) is 0 Å². The summed E-state index contributed by atoms with van der Waals surface area (Å²) >= 11 is 0. The van der Waals surface area contributed by atoms with Gasteiger partial charge in [0, 0.05) is 5.92 Å². The van der Waals surface area contributed by atoms with Gasteiger partial charge in [-0.1, -0.05) is 51.0 Å². The molecule has 0 spiro atoms. The highest BCUT2D eigenvalue weighted by Gasteiger charge is 2.64. The fourth-order valence-electron chi connectivity index (χ4n) is 5.58. The van der Waals surface area contributed by atoms with Crippen molar-refractivity contribution in [3.63, 3.8) is 0 Å². The van der Waals surface area contributed by atoms with E-state index in [-0.39, 0.29) is 29.3 Å². The van der Waals surface area contributed by atoms with Gasteiger partial charge in [-0.2, -0.15) is 0 Å². The Bertz CT molecular complexity index is 520. The van der Waals surface area contributed by atoms with E-state index in [1.807, 2.05) is 19.1 Å². The second-order valence-corrected chi connectivity index (χ2v) is 8.95. The van der Waals surface area contributed by atoms with Crippen LogP contribution < -0.4 is 0 Å². The lowest BCUT2D eigenvalue weighted by Gasteiger charge is -2.63. The first-order valence-electron chi connectivity index (χ1n) is 9.03. The molecule has 0 aromatic heterocycles. The molecule has 2 rings (SSSR count). The molecule has 0 saturated heterocycles. The number of fused-ring (bicyclic) bond motifs is 1. The monoisotopic (exact) mass is 338 g/mol. The normalized spacial score (nSPS) is 46.1. The van der Waals surface area contributed by atoms with Crippen molar-refractivity contribution in [1.82, 2.24) is 0 Å². The summed E-state index contributed by atoms with van der Waals surface area (Å²) in [5.74, 6) is -0.347. The van der Waals surface area contributed by atoms with Gasteiger partial charge in [0.25, 0.3) is 0 Å². The molecule has 6 atom stereocenters. The van der Waals surface area contributed by atoms with Crippen molar-refractivity contribution in [2.75, 3.05) is 6.61 Å². The van der Waals surface area contributed by atoms with Gasteiger partial charge in [-0.15, -0.1) is 0 Å². The van der Waals surface area contributed by atoms with Gasteiger partial charge in [-0.3, -0.25) is 0 Å². The minimum Gasteiger partial charge on any atom is -0.392 e. The zero-order chi connectivity index (χ0) is 18.3. The maximum absolute atomic E-state index is 11.1. The second-order valence-electron chi connectivity index (χ2n) is 8.95. The maximum Gasteiger partial charge on any atom is 0.109 e. The van der Waals surface area contributed by atoms with Crippen LogP contribution in [0.15, 0.2) is 23.8 Å². The van der Waals surface area contributed by atoms with Crippen molar-refractivity contribution < 1.29 is 20.4 Å². The van der Waals surface area contributed by atoms with E-state index in [0.29, 0.717) is 0 Å². The molecule has 2 saturated carbocycles. The summed E-state index contributed by atoms with van der Waals surface area (Å²) in [5, 5.41) is 41.5. The van der Waals surface area contributed by atoms with Crippen LogP contribution in [0.4, 0.5) is 0 Å². The number of hydrogen-bond donors (Lipinski definition) is 4. The molecule has 4 nitrogen and oxygen atoms in total. The van der Waals surface area contributed by atoms with Crippen molar-refractivity contribution in [3.05, 3.63) is 23.8 Å². The lowest BCUT2D eigenvalue weighted by Crippen LogP contribution is -2.69. The quantitative estimate of drug-likeness (QED) is 0.596. The van der Waals surface area contributed by atoms with Crippen LogP contribution in [0.1, 0.15) is 53.9 Å². The summed E-state index contributed by atoms with van der Waals surface area (Å²) in [6.45, 7) is 9.96. The Kier molecular flexibility index (Phi) is 5.37. The fraction of sp³-hybridized carbons (Fsp3) is 0.800. The molecule has 4 N–H and O–H groups in total. The van der Waals surface area contributed by atoms with Crippen LogP contribution in [0, 0.1) is 22.7 Å². The maximum atomic E-state index is 11.1. The summed E-state index contributed by atoms with van der Waals surface area (Å²) < 4.78 is 0. The molecule has 138 valence electrons. The first kappa shape index (κ1) is 19.6. The average Bonchev–Trinajstić information content (AvgIpc) is 2.44. The molecule has 4 heteroatoms. The van der Waals surface area contributed by atoms with E-state index in [1.165, 1.54) is 0 Å². The summed E-state index contributed by atoms with van der Waals surface area (Å²) in [6.07, 6.45) is 6.45. The number of aliphatic hydroxyl groups is 4. The van der Waals surface area contributed by atoms with Crippen molar-refractivity contribution >= 4 is 0 Å². The largest absolute Gasteiger partial charge is 0.392 e. The predicted molar refractivity (Wildman–Crippen MR) is 95.3 cm³/mol. The molecule has 0 radical (unpaired) electrons.